The highest BCUT2D eigenvalue weighted by atomic mass is 35.5. The van der Waals surface area contributed by atoms with Gasteiger partial charge in [0.25, 0.3) is 11.8 Å². The number of methoxy groups -OCH3 is 1. The molecule has 0 radical (unpaired) electrons. The van der Waals surface area contributed by atoms with Gasteiger partial charge in [0.05, 0.1) is 23.4 Å². The molecule has 138 valence electrons. The zero-order valence-corrected chi connectivity index (χ0v) is 15.7. The number of para-hydroxylation sites is 1. The van der Waals surface area contributed by atoms with E-state index in [1.165, 1.54) is 4.90 Å². The van der Waals surface area contributed by atoms with Crippen molar-refractivity contribution >= 4 is 34.7 Å². The molecule has 0 N–H and O–H groups in total. The fourth-order valence-corrected chi connectivity index (χ4v) is 3.84. The van der Waals surface area contributed by atoms with Crippen LogP contribution in [0.1, 0.15) is 18.4 Å². The van der Waals surface area contributed by atoms with Crippen molar-refractivity contribution in [2.75, 3.05) is 25.1 Å². The van der Waals surface area contributed by atoms with Gasteiger partial charge in [-0.05, 0) is 42.7 Å². The van der Waals surface area contributed by atoms with Crippen LogP contribution >= 0.6 is 11.6 Å². The SMILES string of the molecule is COc1ccc(C2=C(N3CCCC3)C(=O)N(c3ccccc3Cl)C2=O)cc1. The number of amides is 2. The Morgan fingerprint density at radius 1 is 0.926 bits per heavy atom. The van der Waals surface area contributed by atoms with Gasteiger partial charge in [0.15, 0.2) is 0 Å². The molecule has 2 aliphatic heterocycles. The van der Waals surface area contributed by atoms with Crippen molar-refractivity contribution in [2.24, 2.45) is 0 Å². The van der Waals surface area contributed by atoms with E-state index in [2.05, 4.69) is 0 Å². The van der Waals surface area contributed by atoms with Gasteiger partial charge in [-0.25, -0.2) is 4.90 Å². The van der Waals surface area contributed by atoms with E-state index in [0.29, 0.717) is 33.3 Å². The maximum Gasteiger partial charge on any atom is 0.282 e. The zero-order valence-electron chi connectivity index (χ0n) is 14.9. The lowest BCUT2D eigenvalue weighted by atomic mass is 10.0. The molecule has 6 heteroatoms. The molecule has 0 atom stereocenters. The lowest BCUT2D eigenvalue weighted by molar-refractivity contribution is -0.120. The fraction of sp³-hybridized carbons (Fsp3) is 0.238. The molecule has 0 saturated carbocycles. The molecule has 0 bridgehead atoms. The Morgan fingerprint density at radius 2 is 1.59 bits per heavy atom. The van der Waals surface area contributed by atoms with E-state index >= 15 is 0 Å². The second-order valence-electron chi connectivity index (χ2n) is 6.54. The molecule has 0 unspecified atom stereocenters. The van der Waals surface area contributed by atoms with Crippen molar-refractivity contribution < 1.29 is 14.3 Å². The topological polar surface area (TPSA) is 49.9 Å². The number of carbonyl (C=O) groups excluding carboxylic acids is 2. The van der Waals surface area contributed by atoms with Crippen LogP contribution in [-0.2, 0) is 9.59 Å². The number of rotatable bonds is 4. The molecule has 1 saturated heterocycles. The largest absolute Gasteiger partial charge is 0.497 e. The summed E-state index contributed by atoms with van der Waals surface area (Å²) in [6.45, 7) is 1.54. The van der Waals surface area contributed by atoms with Gasteiger partial charge in [-0.2, -0.15) is 0 Å². The predicted molar refractivity (Wildman–Crippen MR) is 105 cm³/mol. The summed E-state index contributed by atoms with van der Waals surface area (Å²) in [4.78, 5) is 29.8. The van der Waals surface area contributed by atoms with Crippen LogP contribution < -0.4 is 9.64 Å². The van der Waals surface area contributed by atoms with E-state index in [4.69, 9.17) is 16.3 Å². The van der Waals surface area contributed by atoms with Crippen LogP contribution in [0.15, 0.2) is 54.2 Å². The molecule has 2 aromatic carbocycles. The Morgan fingerprint density at radius 3 is 2.22 bits per heavy atom. The molecule has 0 aromatic heterocycles. The smallest absolute Gasteiger partial charge is 0.282 e. The van der Waals surface area contributed by atoms with Crippen molar-refractivity contribution in [3.8, 4) is 5.75 Å². The van der Waals surface area contributed by atoms with Crippen LogP contribution in [0.3, 0.4) is 0 Å². The molecule has 4 rings (SSSR count). The van der Waals surface area contributed by atoms with E-state index in [1.807, 2.05) is 17.0 Å². The van der Waals surface area contributed by atoms with Crippen molar-refractivity contribution in [1.29, 1.82) is 0 Å². The normalized spacial score (nSPS) is 17.3. The summed E-state index contributed by atoms with van der Waals surface area (Å²) in [5.74, 6) is 0.0304. The Hall–Kier alpha value is -2.79. The molecule has 2 aromatic rings. The third-order valence-electron chi connectivity index (χ3n) is 4.95. The van der Waals surface area contributed by atoms with Crippen molar-refractivity contribution in [2.45, 2.75) is 12.8 Å². The third kappa shape index (κ3) is 2.98. The van der Waals surface area contributed by atoms with Crippen molar-refractivity contribution in [1.82, 2.24) is 4.90 Å². The lowest BCUT2D eigenvalue weighted by Gasteiger charge is -2.20. The second-order valence-corrected chi connectivity index (χ2v) is 6.95. The minimum absolute atomic E-state index is 0.319. The highest BCUT2D eigenvalue weighted by molar-refractivity contribution is 6.47. The summed E-state index contributed by atoms with van der Waals surface area (Å²) < 4.78 is 5.21. The number of hydrogen-bond donors (Lipinski definition) is 0. The maximum atomic E-state index is 13.3. The Balaban J connectivity index is 1.83. The molecule has 2 aliphatic rings. The Bertz CT molecular complexity index is 931. The molecule has 0 aliphatic carbocycles. The van der Waals surface area contributed by atoms with Crippen molar-refractivity contribution in [3.63, 3.8) is 0 Å². The van der Waals surface area contributed by atoms with Gasteiger partial charge < -0.3 is 9.64 Å². The van der Waals surface area contributed by atoms with Crippen molar-refractivity contribution in [3.05, 3.63) is 64.8 Å². The quantitative estimate of drug-likeness (QED) is 0.756. The number of likely N-dealkylation sites (tertiary alicyclic amines) is 1. The molecule has 27 heavy (non-hydrogen) atoms. The van der Waals surface area contributed by atoms with Gasteiger partial charge in [-0.1, -0.05) is 35.9 Å². The third-order valence-corrected chi connectivity index (χ3v) is 5.27. The minimum atomic E-state index is -0.347. The van der Waals surface area contributed by atoms with Gasteiger partial charge in [-0.3, -0.25) is 9.59 Å². The molecule has 0 spiro atoms. The summed E-state index contributed by atoms with van der Waals surface area (Å²) in [5.41, 5.74) is 1.99. The number of hydrogen-bond acceptors (Lipinski definition) is 4. The first-order chi connectivity index (χ1) is 13.1. The highest BCUT2D eigenvalue weighted by Gasteiger charge is 2.43. The van der Waals surface area contributed by atoms with Crippen LogP contribution in [-0.4, -0.2) is 36.9 Å². The molecule has 2 amide bonds. The number of imide groups is 1. The summed E-state index contributed by atoms with van der Waals surface area (Å²) in [6, 6.07) is 14.1. The first-order valence-electron chi connectivity index (χ1n) is 8.89. The first-order valence-corrected chi connectivity index (χ1v) is 9.26. The Labute approximate surface area is 162 Å². The van der Waals surface area contributed by atoms with Crippen LogP contribution in [0, 0.1) is 0 Å². The van der Waals surface area contributed by atoms with Crippen LogP contribution in [0.5, 0.6) is 5.75 Å². The van der Waals surface area contributed by atoms with Crippen LogP contribution in [0.4, 0.5) is 5.69 Å². The summed E-state index contributed by atoms with van der Waals surface area (Å²) in [5, 5.41) is 0.371. The fourth-order valence-electron chi connectivity index (χ4n) is 3.62. The van der Waals surface area contributed by atoms with Crippen LogP contribution in [0.2, 0.25) is 5.02 Å². The summed E-state index contributed by atoms with van der Waals surface area (Å²) in [7, 11) is 1.59. The van der Waals surface area contributed by atoms with E-state index in [-0.39, 0.29) is 11.8 Å². The monoisotopic (exact) mass is 382 g/mol. The molecule has 2 heterocycles. The molecular formula is C21H19ClN2O3. The van der Waals surface area contributed by atoms with Gasteiger partial charge >= 0.3 is 0 Å². The number of halogens is 1. The van der Waals surface area contributed by atoms with E-state index in [0.717, 1.165) is 25.9 Å². The molecule has 5 nitrogen and oxygen atoms in total. The second kappa shape index (κ2) is 7.08. The predicted octanol–water partition coefficient (Wildman–Crippen LogP) is 3.73. The highest BCUT2D eigenvalue weighted by Crippen LogP contribution is 2.38. The number of ether oxygens (including phenoxy) is 1. The zero-order chi connectivity index (χ0) is 19.0. The number of carbonyl (C=O) groups is 2. The van der Waals surface area contributed by atoms with Gasteiger partial charge in [-0.15, -0.1) is 0 Å². The molecular weight excluding hydrogens is 364 g/mol. The van der Waals surface area contributed by atoms with Gasteiger partial charge in [0.2, 0.25) is 0 Å². The minimum Gasteiger partial charge on any atom is -0.497 e. The average Bonchev–Trinajstić information content (AvgIpc) is 3.29. The van der Waals surface area contributed by atoms with E-state index < -0.39 is 0 Å². The summed E-state index contributed by atoms with van der Waals surface area (Å²) in [6.07, 6.45) is 2.01. The van der Waals surface area contributed by atoms with Gasteiger partial charge in [0.1, 0.15) is 11.4 Å². The molecule has 1 fully saturated rings. The standard InChI is InChI=1S/C21H19ClN2O3/c1-27-15-10-8-14(9-11-15)18-19(23-12-4-5-13-23)21(26)24(20(18)25)17-7-3-2-6-16(17)22/h2-3,6-11H,4-5,12-13H2,1H3. The van der Waals surface area contributed by atoms with Gasteiger partial charge in [0, 0.05) is 13.1 Å². The van der Waals surface area contributed by atoms with E-state index in [9.17, 15) is 9.59 Å². The average molecular weight is 383 g/mol. The van der Waals surface area contributed by atoms with E-state index in [1.54, 1.807) is 43.5 Å². The van der Waals surface area contributed by atoms with Crippen LogP contribution in [0.25, 0.3) is 5.57 Å². The number of nitrogens with zero attached hydrogens (tertiary/aromatic N) is 2. The Kier molecular flexibility index (Phi) is 4.62. The lowest BCUT2D eigenvalue weighted by Crippen LogP contribution is -2.34. The first kappa shape index (κ1) is 17.6. The number of benzene rings is 2. The maximum absolute atomic E-state index is 13.3. The number of anilines is 1. The summed E-state index contributed by atoms with van der Waals surface area (Å²) >= 11 is 6.28.